The predicted octanol–water partition coefficient (Wildman–Crippen LogP) is 4.94. The quantitative estimate of drug-likeness (QED) is 0.834. The van der Waals surface area contributed by atoms with E-state index in [0.29, 0.717) is 11.3 Å². The Hall–Kier alpha value is -0.340. The highest BCUT2D eigenvalue weighted by Gasteiger charge is 2.18. The highest BCUT2D eigenvalue weighted by molar-refractivity contribution is 9.10. The summed E-state index contributed by atoms with van der Waals surface area (Å²) in [5.74, 6) is 0.536. The number of hydrogen-bond acceptors (Lipinski definition) is 1. The third-order valence-corrected chi connectivity index (χ3v) is 3.37. The van der Waals surface area contributed by atoms with E-state index >= 15 is 0 Å². The number of aliphatic hydroxyl groups excluding tert-OH is 1. The lowest BCUT2D eigenvalue weighted by molar-refractivity contribution is 0.134. The first-order valence-electron chi connectivity index (χ1n) is 6.21. The van der Waals surface area contributed by atoms with Crippen LogP contribution in [0.5, 0.6) is 0 Å². The van der Waals surface area contributed by atoms with Crippen molar-refractivity contribution in [2.45, 2.75) is 46.6 Å². The van der Waals surface area contributed by atoms with E-state index in [1.165, 1.54) is 0 Å². The van der Waals surface area contributed by atoms with Crippen LogP contribution in [0, 0.1) is 11.3 Å². The molecule has 0 aliphatic heterocycles. The third kappa shape index (κ3) is 5.69. The number of rotatable bonds is 4. The molecule has 1 nitrogen and oxygen atoms in total. The van der Waals surface area contributed by atoms with Crippen LogP contribution in [0.4, 0.5) is 0 Å². The van der Waals surface area contributed by atoms with Crippen molar-refractivity contribution in [2.24, 2.45) is 11.3 Å². The van der Waals surface area contributed by atoms with Crippen molar-refractivity contribution < 1.29 is 5.11 Å². The lowest BCUT2D eigenvalue weighted by Gasteiger charge is -2.25. The first-order chi connectivity index (χ1) is 7.78. The smallest absolute Gasteiger partial charge is 0.0792 e. The summed E-state index contributed by atoms with van der Waals surface area (Å²) in [5.41, 5.74) is 1.34. The molecule has 2 heteroatoms. The van der Waals surface area contributed by atoms with Crippen LogP contribution in [-0.4, -0.2) is 5.11 Å². The molecule has 1 aromatic rings. The average Bonchev–Trinajstić information content (AvgIpc) is 2.15. The maximum Gasteiger partial charge on any atom is 0.0792 e. The minimum Gasteiger partial charge on any atom is -0.388 e. The van der Waals surface area contributed by atoms with Crippen LogP contribution in [-0.2, 0) is 0 Å². The second kappa shape index (κ2) is 6.01. The van der Waals surface area contributed by atoms with Gasteiger partial charge in [-0.1, -0.05) is 55.8 Å². The number of benzene rings is 1. The largest absolute Gasteiger partial charge is 0.388 e. The first-order valence-corrected chi connectivity index (χ1v) is 7.01. The summed E-state index contributed by atoms with van der Waals surface area (Å²) >= 11 is 3.40. The van der Waals surface area contributed by atoms with Gasteiger partial charge in [0.2, 0.25) is 0 Å². The topological polar surface area (TPSA) is 20.2 Å². The van der Waals surface area contributed by atoms with Gasteiger partial charge in [-0.15, -0.1) is 0 Å². The molecule has 0 aliphatic carbocycles. The van der Waals surface area contributed by atoms with Gasteiger partial charge in [-0.25, -0.2) is 0 Å². The normalized spacial score (nSPS) is 15.6. The zero-order valence-corrected chi connectivity index (χ0v) is 12.8. The van der Waals surface area contributed by atoms with Crippen LogP contribution >= 0.6 is 15.9 Å². The lowest BCUT2D eigenvalue weighted by atomic mass is 9.82. The second-order valence-electron chi connectivity index (χ2n) is 6.17. The average molecular weight is 299 g/mol. The molecule has 1 N–H and O–H groups in total. The van der Waals surface area contributed by atoms with E-state index in [1.807, 2.05) is 24.3 Å². The van der Waals surface area contributed by atoms with Crippen LogP contribution in [0.25, 0.3) is 0 Å². The van der Waals surface area contributed by atoms with Crippen molar-refractivity contribution in [3.05, 3.63) is 34.3 Å². The van der Waals surface area contributed by atoms with Crippen molar-refractivity contribution in [1.29, 1.82) is 0 Å². The van der Waals surface area contributed by atoms with E-state index in [4.69, 9.17) is 0 Å². The molecule has 17 heavy (non-hydrogen) atoms. The molecule has 1 rings (SSSR count). The zero-order chi connectivity index (χ0) is 13.1. The van der Waals surface area contributed by atoms with Crippen LogP contribution in [0.1, 0.15) is 52.2 Å². The zero-order valence-electron chi connectivity index (χ0n) is 11.2. The van der Waals surface area contributed by atoms with Crippen LogP contribution in [0.15, 0.2) is 28.7 Å². The second-order valence-corrected chi connectivity index (χ2v) is 7.09. The van der Waals surface area contributed by atoms with Crippen LogP contribution in [0.3, 0.4) is 0 Å². The fourth-order valence-electron chi connectivity index (χ4n) is 2.33. The summed E-state index contributed by atoms with van der Waals surface area (Å²) in [5, 5.41) is 10.2. The van der Waals surface area contributed by atoms with E-state index in [1.54, 1.807) is 0 Å². The van der Waals surface area contributed by atoms with Gasteiger partial charge in [0.05, 0.1) is 6.10 Å². The van der Waals surface area contributed by atoms with Gasteiger partial charge in [-0.3, -0.25) is 0 Å². The van der Waals surface area contributed by atoms with Gasteiger partial charge in [0, 0.05) is 4.47 Å². The molecular weight excluding hydrogens is 276 g/mol. The van der Waals surface area contributed by atoms with E-state index in [2.05, 4.69) is 43.6 Å². The lowest BCUT2D eigenvalue weighted by Crippen LogP contribution is -2.13. The highest BCUT2D eigenvalue weighted by Crippen LogP contribution is 2.30. The number of aliphatic hydroxyl groups is 1. The highest BCUT2D eigenvalue weighted by atomic mass is 79.9. The Morgan fingerprint density at radius 2 is 1.71 bits per heavy atom. The van der Waals surface area contributed by atoms with Crippen molar-refractivity contribution >= 4 is 15.9 Å². The SMILES string of the molecule is CC(CC(O)c1ccc(Br)cc1)CC(C)(C)C. The molecular formula is C15H23BrO. The maximum absolute atomic E-state index is 10.2. The monoisotopic (exact) mass is 298 g/mol. The summed E-state index contributed by atoms with van der Waals surface area (Å²) in [4.78, 5) is 0. The van der Waals surface area contributed by atoms with Crippen LogP contribution in [0.2, 0.25) is 0 Å². The Bertz CT molecular complexity index is 337. The molecule has 0 radical (unpaired) electrons. The van der Waals surface area contributed by atoms with E-state index in [0.717, 1.165) is 22.9 Å². The Balaban J connectivity index is 2.54. The van der Waals surface area contributed by atoms with E-state index < -0.39 is 0 Å². The predicted molar refractivity (Wildman–Crippen MR) is 77.0 cm³/mol. The number of halogens is 1. The Kier molecular flexibility index (Phi) is 5.21. The fourth-order valence-corrected chi connectivity index (χ4v) is 2.60. The van der Waals surface area contributed by atoms with Gasteiger partial charge in [0.15, 0.2) is 0 Å². The molecule has 0 saturated carbocycles. The Labute approximate surface area is 113 Å². The van der Waals surface area contributed by atoms with Gasteiger partial charge in [0.25, 0.3) is 0 Å². The summed E-state index contributed by atoms with van der Waals surface area (Å²) in [7, 11) is 0. The molecule has 2 atom stereocenters. The fraction of sp³-hybridized carbons (Fsp3) is 0.600. The van der Waals surface area contributed by atoms with Crippen molar-refractivity contribution in [3.63, 3.8) is 0 Å². The van der Waals surface area contributed by atoms with Crippen molar-refractivity contribution in [1.82, 2.24) is 0 Å². The summed E-state index contributed by atoms with van der Waals surface area (Å²) in [6.07, 6.45) is 1.62. The molecule has 0 aliphatic rings. The number of hydrogen-bond donors (Lipinski definition) is 1. The first kappa shape index (κ1) is 14.7. The molecule has 0 fully saturated rings. The van der Waals surface area contributed by atoms with E-state index in [9.17, 15) is 5.11 Å². The van der Waals surface area contributed by atoms with Gasteiger partial charge in [-0.2, -0.15) is 0 Å². The Morgan fingerprint density at radius 1 is 1.18 bits per heavy atom. The van der Waals surface area contributed by atoms with Gasteiger partial charge in [-0.05, 0) is 41.9 Å². The minimum atomic E-state index is -0.347. The molecule has 0 saturated heterocycles. The molecule has 0 amide bonds. The molecule has 0 spiro atoms. The van der Waals surface area contributed by atoms with Gasteiger partial charge >= 0.3 is 0 Å². The standard InChI is InChI=1S/C15H23BrO/c1-11(10-15(2,3)4)9-14(17)12-5-7-13(16)8-6-12/h5-8,11,14,17H,9-10H2,1-4H3. The Morgan fingerprint density at radius 3 is 2.18 bits per heavy atom. The molecule has 1 aromatic carbocycles. The van der Waals surface area contributed by atoms with Gasteiger partial charge in [0.1, 0.15) is 0 Å². The summed E-state index contributed by atoms with van der Waals surface area (Å²) in [6.45, 7) is 8.95. The molecule has 0 aromatic heterocycles. The van der Waals surface area contributed by atoms with Crippen molar-refractivity contribution in [2.75, 3.05) is 0 Å². The van der Waals surface area contributed by atoms with Gasteiger partial charge < -0.3 is 5.11 Å². The molecule has 0 heterocycles. The summed E-state index contributed by atoms with van der Waals surface area (Å²) < 4.78 is 1.05. The maximum atomic E-state index is 10.2. The molecule has 0 bridgehead atoms. The van der Waals surface area contributed by atoms with E-state index in [-0.39, 0.29) is 6.10 Å². The minimum absolute atomic E-state index is 0.332. The molecule has 96 valence electrons. The molecule has 2 unspecified atom stereocenters. The van der Waals surface area contributed by atoms with Crippen LogP contribution < -0.4 is 0 Å². The summed E-state index contributed by atoms with van der Waals surface area (Å²) in [6, 6.07) is 7.93. The third-order valence-electron chi connectivity index (χ3n) is 2.84. The van der Waals surface area contributed by atoms with Crippen molar-refractivity contribution in [3.8, 4) is 0 Å².